The molecule has 5 rings (SSSR count). The Morgan fingerprint density at radius 3 is 2.64 bits per heavy atom. The first-order valence-corrected chi connectivity index (χ1v) is 9.12. The quantitative estimate of drug-likeness (QED) is 0.550. The maximum Gasteiger partial charge on any atom is 0.231 e. The van der Waals surface area contributed by atoms with Crippen molar-refractivity contribution in [2.75, 3.05) is 12.1 Å². The Hall–Kier alpha value is -3.32. The fourth-order valence-electron chi connectivity index (χ4n) is 3.20. The minimum absolute atomic E-state index is 0.229. The Bertz CT molecular complexity index is 1220. The molecular formula is C20H16ClN5O2. The standard InChI is InChI=1S/C20H16ClN5O2/c1-11-7-12(2)26(25-11)20-19(23-15-5-3-13(21)8-16(15)24-20)22-14-4-6-17-18(9-14)28-10-27-17/h3-9H,10H2,1-2H3,(H,22,23). The first kappa shape index (κ1) is 16.8. The van der Waals surface area contributed by atoms with Crippen molar-refractivity contribution in [3.05, 3.63) is 58.9 Å². The van der Waals surface area contributed by atoms with Crippen LogP contribution < -0.4 is 14.8 Å². The van der Waals surface area contributed by atoms with Crippen molar-refractivity contribution in [1.82, 2.24) is 19.7 Å². The largest absolute Gasteiger partial charge is 0.454 e. The smallest absolute Gasteiger partial charge is 0.231 e. The molecule has 0 saturated carbocycles. The monoisotopic (exact) mass is 393 g/mol. The van der Waals surface area contributed by atoms with Crippen LogP contribution in [0.3, 0.4) is 0 Å². The van der Waals surface area contributed by atoms with Gasteiger partial charge < -0.3 is 14.8 Å². The number of aryl methyl sites for hydroxylation is 2. The topological polar surface area (TPSA) is 74.1 Å². The van der Waals surface area contributed by atoms with Crippen LogP contribution in [0.15, 0.2) is 42.5 Å². The number of benzene rings is 2. The highest BCUT2D eigenvalue weighted by molar-refractivity contribution is 6.31. The predicted molar refractivity (Wildman–Crippen MR) is 107 cm³/mol. The summed E-state index contributed by atoms with van der Waals surface area (Å²) in [6.07, 6.45) is 0. The Kier molecular flexibility index (Phi) is 3.84. The first-order valence-electron chi connectivity index (χ1n) is 8.74. The molecule has 0 saturated heterocycles. The van der Waals surface area contributed by atoms with E-state index < -0.39 is 0 Å². The van der Waals surface area contributed by atoms with E-state index in [2.05, 4.69) is 10.4 Å². The summed E-state index contributed by atoms with van der Waals surface area (Å²) >= 11 is 6.14. The van der Waals surface area contributed by atoms with Gasteiger partial charge in [-0.2, -0.15) is 5.10 Å². The minimum Gasteiger partial charge on any atom is -0.454 e. The molecule has 1 N–H and O–H groups in total. The number of aromatic nitrogens is 4. The van der Waals surface area contributed by atoms with Crippen LogP contribution in [0.25, 0.3) is 16.9 Å². The van der Waals surface area contributed by atoms with E-state index >= 15 is 0 Å². The molecule has 28 heavy (non-hydrogen) atoms. The second-order valence-electron chi connectivity index (χ2n) is 6.56. The van der Waals surface area contributed by atoms with Gasteiger partial charge in [0, 0.05) is 22.5 Å². The van der Waals surface area contributed by atoms with Crippen LogP contribution in [0.4, 0.5) is 11.5 Å². The molecule has 1 aliphatic rings. The minimum atomic E-state index is 0.229. The normalized spacial score (nSPS) is 12.5. The molecule has 0 bridgehead atoms. The SMILES string of the molecule is Cc1cc(C)n(-c2nc3cc(Cl)ccc3nc2Nc2ccc3c(c2)OCO3)n1. The zero-order chi connectivity index (χ0) is 19.3. The summed E-state index contributed by atoms with van der Waals surface area (Å²) < 4.78 is 12.6. The highest BCUT2D eigenvalue weighted by Gasteiger charge is 2.17. The van der Waals surface area contributed by atoms with Crippen molar-refractivity contribution in [3.63, 3.8) is 0 Å². The van der Waals surface area contributed by atoms with Crippen LogP contribution in [0.1, 0.15) is 11.4 Å². The van der Waals surface area contributed by atoms with Gasteiger partial charge in [-0.1, -0.05) is 11.6 Å². The van der Waals surface area contributed by atoms with E-state index in [9.17, 15) is 0 Å². The summed E-state index contributed by atoms with van der Waals surface area (Å²) in [4.78, 5) is 9.55. The number of halogens is 1. The van der Waals surface area contributed by atoms with E-state index in [0.29, 0.717) is 27.9 Å². The Morgan fingerprint density at radius 1 is 0.964 bits per heavy atom. The Labute approximate surface area is 165 Å². The molecule has 2 aromatic heterocycles. The maximum absolute atomic E-state index is 6.14. The number of nitrogens with zero attached hydrogens (tertiary/aromatic N) is 4. The third kappa shape index (κ3) is 2.90. The van der Waals surface area contributed by atoms with Crippen LogP contribution in [0.5, 0.6) is 11.5 Å². The van der Waals surface area contributed by atoms with Crippen LogP contribution in [0.2, 0.25) is 5.02 Å². The molecule has 1 aliphatic heterocycles. The Balaban J connectivity index is 1.66. The zero-order valence-electron chi connectivity index (χ0n) is 15.2. The van der Waals surface area contributed by atoms with Gasteiger partial charge in [0.2, 0.25) is 6.79 Å². The molecule has 2 aromatic carbocycles. The van der Waals surface area contributed by atoms with Crippen molar-refractivity contribution in [2.24, 2.45) is 0 Å². The maximum atomic E-state index is 6.14. The summed E-state index contributed by atoms with van der Waals surface area (Å²) in [5.41, 5.74) is 4.11. The summed E-state index contributed by atoms with van der Waals surface area (Å²) in [5.74, 6) is 2.60. The van der Waals surface area contributed by atoms with E-state index in [0.717, 1.165) is 28.3 Å². The average Bonchev–Trinajstić information content (AvgIpc) is 3.26. The lowest BCUT2D eigenvalue weighted by Gasteiger charge is -2.13. The molecule has 0 spiro atoms. The van der Waals surface area contributed by atoms with Gasteiger partial charge in [0.1, 0.15) is 0 Å². The van der Waals surface area contributed by atoms with E-state index in [-0.39, 0.29) is 6.79 Å². The summed E-state index contributed by atoms with van der Waals surface area (Å²) in [5, 5.41) is 8.52. The van der Waals surface area contributed by atoms with Gasteiger partial charge in [0.05, 0.1) is 16.7 Å². The third-order valence-corrected chi connectivity index (χ3v) is 4.69. The molecular weight excluding hydrogens is 378 g/mol. The summed E-state index contributed by atoms with van der Waals surface area (Å²) in [6.45, 7) is 4.15. The third-order valence-electron chi connectivity index (χ3n) is 4.45. The number of ether oxygens (including phenoxy) is 2. The number of hydrogen-bond acceptors (Lipinski definition) is 6. The Morgan fingerprint density at radius 2 is 1.82 bits per heavy atom. The summed E-state index contributed by atoms with van der Waals surface area (Å²) in [7, 11) is 0. The predicted octanol–water partition coefficient (Wildman–Crippen LogP) is 4.56. The first-order chi connectivity index (χ1) is 13.6. The lowest BCUT2D eigenvalue weighted by molar-refractivity contribution is 0.174. The van der Waals surface area contributed by atoms with Crippen molar-refractivity contribution < 1.29 is 9.47 Å². The van der Waals surface area contributed by atoms with Gasteiger partial charge in [-0.05, 0) is 50.2 Å². The molecule has 8 heteroatoms. The fraction of sp³-hybridized carbons (Fsp3) is 0.150. The van der Waals surface area contributed by atoms with Crippen LogP contribution >= 0.6 is 11.6 Å². The van der Waals surface area contributed by atoms with Gasteiger partial charge >= 0.3 is 0 Å². The molecule has 0 atom stereocenters. The summed E-state index contributed by atoms with van der Waals surface area (Å²) in [6, 6.07) is 13.1. The van der Waals surface area contributed by atoms with E-state index in [4.69, 9.17) is 31.0 Å². The lowest BCUT2D eigenvalue weighted by Crippen LogP contribution is -2.08. The number of anilines is 2. The van der Waals surface area contributed by atoms with E-state index in [1.54, 1.807) is 16.8 Å². The van der Waals surface area contributed by atoms with Gasteiger partial charge in [0.15, 0.2) is 23.1 Å². The van der Waals surface area contributed by atoms with Crippen molar-refractivity contribution in [1.29, 1.82) is 0 Å². The molecule has 0 amide bonds. The van der Waals surface area contributed by atoms with Gasteiger partial charge in [-0.25, -0.2) is 14.6 Å². The van der Waals surface area contributed by atoms with Gasteiger partial charge in [-0.3, -0.25) is 0 Å². The zero-order valence-corrected chi connectivity index (χ0v) is 16.0. The average molecular weight is 394 g/mol. The molecule has 7 nitrogen and oxygen atoms in total. The van der Waals surface area contributed by atoms with Gasteiger partial charge in [-0.15, -0.1) is 0 Å². The molecule has 0 radical (unpaired) electrons. The number of rotatable bonds is 3. The molecule has 0 fully saturated rings. The van der Waals surface area contributed by atoms with Crippen LogP contribution in [0, 0.1) is 13.8 Å². The molecule has 0 aliphatic carbocycles. The molecule has 0 unspecified atom stereocenters. The highest BCUT2D eigenvalue weighted by atomic mass is 35.5. The molecule has 4 aromatic rings. The van der Waals surface area contributed by atoms with Gasteiger partial charge in [0.25, 0.3) is 0 Å². The number of fused-ring (bicyclic) bond motifs is 2. The van der Waals surface area contributed by atoms with Crippen molar-refractivity contribution >= 4 is 34.1 Å². The fourth-order valence-corrected chi connectivity index (χ4v) is 3.37. The number of nitrogens with one attached hydrogen (secondary N) is 1. The number of hydrogen-bond donors (Lipinski definition) is 1. The lowest BCUT2D eigenvalue weighted by atomic mass is 10.2. The molecule has 3 heterocycles. The van der Waals surface area contributed by atoms with Crippen LogP contribution in [-0.4, -0.2) is 26.5 Å². The van der Waals surface area contributed by atoms with Crippen LogP contribution in [-0.2, 0) is 0 Å². The van der Waals surface area contributed by atoms with Crippen molar-refractivity contribution in [3.8, 4) is 17.3 Å². The second kappa shape index (κ2) is 6.38. The highest BCUT2D eigenvalue weighted by Crippen LogP contribution is 2.35. The van der Waals surface area contributed by atoms with Crippen molar-refractivity contribution in [2.45, 2.75) is 13.8 Å². The van der Waals surface area contributed by atoms with E-state index in [1.165, 1.54) is 0 Å². The molecule has 140 valence electrons. The second-order valence-corrected chi connectivity index (χ2v) is 7.00. The van der Waals surface area contributed by atoms with E-state index in [1.807, 2.05) is 44.2 Å².